The van der Waals surface area contributed by atoms with Gasteiger partial charge >= 0.3 is 0 Å². The lowest BCUT2D eigenvalue weighted by Crippen LogP contribution is -2.60. The van der Waals surface area contributed by atoms with Gasteiger partial charge in [-0.1, -0.05) is 58.4 Å². The summed E-state index contributed by atoms with van der Waals surface area (Å²) in [7, 11) is 0. The maximum Gasteiger partial charge on any atom is 0.276 e. The number of nitrogens with two attached hydrogens (primary N) is 2. The van der Waals surface area contributed by atoms with Gasteiger partial charge in [0.25, 0.3) is 5.91 Å². The Morgan fingerprint density at radius 1 is 1.14 bits per heavy atom. The van der Waals surface area contributed by atoms with Gasteiger partial charge in [-0.25, -0.2) is 0 Å². The lowest BCUT2D eigenvalue weighted by molar-refractivity contribution is -0.124. The number of hydrogen-bond donors (Lipinski definition) is 5. The minimum absolute atomic E-state index is 0.0156. The standard InChI is InChI=1S/C32H49N5O5S2/c1-4-15-32(37-30(42)26(34)31-43-16-17-44-31,18-23(38)13-11-21-9-7-6-8-10-21)27(39)22-12-14-24(35-19-22)28(40)36-29(41)25(33)20(3)5-2/h4,12,14,19-21,23,25-26,31,38H,1,5-11,13,15-18,33-34H2,2-3H3,(H,37,42)(H,36,40,41)/t20-,23?,25-,26+,32-/m0/s1. The highest BCUT2D eigenvalue weighted by Crippen LogP contribution is 2.35. The number of thioether (sulfide) groups is 2. The van der Waals surface area contributed by atoms with Crippen molar-refractivity contribution in [2.45, 2.75) is 106 Å². The lowest BCUT2D eigenvalue weighted by Gasteiger charge is -2.36. The number of nitrogens with one attached hydrogen (secondary N) is 2. The molecular weight excluding hydrogens is 599 g/mol. The van der Waals surface area contributed by atoms with Crippen LogP contribution in [0.4, 0.5) is 0 Å². The van der Waals surface area contributed by atoms with E-state index in [4.69, 9.17) is 11.5 Å². The Hall–Kier alpha value is -2.25. The third-order valence-corrected chi connectivity index (χ3v) is 12.0. The summed E-state index contributed by atoms with van der Waals surface area (Å²) in [5.41, 5.74) is 10.9. The smallest absolute Gasteiger partial charge is 0.276 e. The van der Waals surface area contributed by atoms with E-state index in [1.807, 2.05) is 13.8 Å². The zero-order valence-corrected chi connectivity index (χ0v) is 27.6. The van der Waals surface area contributed by atoms with Crippen LogP contribution in [0.15, 0.2) is 31.0 Å². The second kappa shape index (κ2) is 17.4. The van der Waals surface area contributed by atoms with Gasteiger partial charge in [-0.2, -0.15) is 0 Å². The average molecular weight is 648 g/mol. The van der Waals surface area contributed by atoms with E-state index in [9.17, 15) is 24.3 Å². The molecule has 0 bridgehead atoms. The van der Waals surface area contributed by atoms with E-state index in [0.29, 0.717) is 18.8 Å². The van der Waals surface area contributed by atoms with Gasteiger partial charge in [-0.3, -0.25) is 29.5 Å². The summed E-state index contributed by atoms with van der Waals surface area (Å²) in [6.45, 7) is 7.57. The predicted octanol–water partition coefficient (Wildman–Crippen LogP) is 3.57. The number of aliphatic hydroxyl groups excluding tert-OH is 1. The molecule has 0 aromatic carbocycles. The first-order valence-corrected chi connectivity index (χ1v) is 17.8. The molecule has 1 aromatic heterocycles. The number of hydrogen-bond acceptors (Lipinski definition) is 10. The van der Waals surface area contributed by atoms with Crippen LogP contribution in [0.3, 0.4) is 0 Å². The lowest BCUT2D eigenvalue weighted by atomic mass is 9.79. The minimum Gasteiger partial charge on any atom is -0.393 e. The predicted molar refractivity (Wildman–Crippen MR) is 177 cm³/mol. The maximum atomic E-state index is 14.2. The van der Waals surface area contributed by atoms with Crippen molar-refractivity contribution in [1.29, 1.82) is 0 Å². The van der Waals surface area contributed by atoms with Crippen molar-refractivity contribution >= 4 is 47.0 Å². The van der Waals surface area contributed by atoms with Gasteiger partial charge in [-0.05, 0) is 43.2 Å². The van der Waals surface area contributed by atoms with Gasteiger partial charge in [0, 0.05) is 29.7 Å². The van der Waals surface area contributed by atoms with Gasteiger partial charge < -0.3 is 21.9 Å². The molecule has 2 aliphatic rings. The van der Waals surface area contributed by atoms with E-state index in [-0.39, 0.29) is 34.6 Å². The SMILES string of the molecule is C=CC[C@@](CC(O)CCC1CCCCC1)(NC(=O)[C@@H](N)C1SCCS1)C(=O)c1ccc(C(=O)NC(=O)[C@@H](N)[C@@H](C)CC)nc1. The molecule has 1 aliphatic heterocycles. The Morgan fingerprint density at radius 3 is 2.41 bits per heavy atom. The molecule has 0 radical (unpaired) electrons. The normalized spacial score (nSPS) is 20.1. The summed E-state index contributed by atoms with van der Waals surface area (Å²) in [6.07, 6.45) is 9.99. The van der Waals surface area contributed by atoms with Crippen LogP contribution < -0.4 is 22.1 Å². The number of rotatable bonds is 16. The number of amides is 3. The number of pyridine rings is 1. The summed E-state index contributed by atoms with van der Waals surface area (Å²) in [5, 5.41) is 16.4. The van der Waals surface area contributed by atoms with Crippen molar-refractivity contribution in [3.05, 3.63) is 42.2 Å². The van der Waals surface area contributed by atoms with Crippen LogP contribution in [0, 0.1) is 11.8 Å². The molecule has 5 atom stereocenters. The molecule has 12 heteroatoms. The van der Waals surface area contributed by atoms with Gasteiger partial charge in [0.05, 0.1) is 16.7 Å². The molecule has 1 saturated heterocycles. The highest BCUT2D eigenvalue weighted by atomic mass is 32.2. The van der Waals surface area contributed by atoms with Crippen molar-refractivity contribution in [2.24, 2.45) is 23.3 Å². The molecule has 7 N–H and O–H groups in total. The van der Waals surface area contributed by atoms with Crippen molar-refractivity contribution in [2.75, 3.05) is 11.5 Å². The highest BCUT2D eigenvalue weighted by molar-refractivity contribution is 8.20. The molecule has 0 spiro atoms. The van der Waals surface area contributed by atoms with Crippen LogP contribution in [0.25, 0.3) is 0 Å². The van der Waals surface area contributed by atoms with Crippen molar-refractivity contribution in [1.82, 2.24) is 15.6 Å². The Kier molecular flexibility index (Phi) is 14.4. The number of aromatic nitrogens is 1. The largest absolute Gasteiger partial charge is 0.393 e. The minimum atomic E-state index is -1.51. The molecule has 1 unspecified atom stereocenters. The fourth-order valence-electron chi connectivity index (χ4n) is 5.82. The molecule has 1 aromatic rings. The van der Waals surface area contributed by atoms with Crippen LogP contribution in [0.2, 0.25) is 0 Å². The summed E-state index contributed by atoms with van der Waals surface area (Å²) >= 11 is 3.23. The van der Waals surface area contributed by atoms with Crippen LogP contribution in [-0.2, 0) is 9.59 Å². The van der Waals surface area contributed by atoms with Gasteiger partial charge in [0.2, 0.25) is 11.8 Å². The molecule has 2 fully saturated rings. The molecule has 1 aliphatic carbocycles. The van der Waals surface area contributed by atoms with Crippen LogP contribution in [-0.4, -0.2) is 73.4 Å². The van der Waals surface area contributed by atoms with Crippen LogP contribution in [0.1, 0.15) is 98.9 Å². The van der Waals surface area contributed by atoms with Gasteiger partial charge in [0.1, 0.15) is 17.3 Å². The number of nitrogens with zero attached hydrogens (tertiary/aromatic N) is 1. The quantitative estimate of drug-likeness (QED) is 0.132. The molecule has 3 amide bonds. The number of carbonyl (C=O) groups is 4. The number of aliphatic hydroxyl groups is 1. The molecule has 3 rings (SSSR count). The topological polar surface area (TPSA) is 178 Å². The van der Waals surface area contributed by atoms with Crippen molar-refractivity contribution in [3.8, 4) is 0 Å². The average Bonchev–Trinajstić information content (AvgIpc) is 3.58. The Labute approximate surface area is 269 Å². The molecular formula is C32H49N5O5S2. The summed E-state index contributed by atoms with van der Waals surface area (Å²) in [4.78, 5) is 56.9. The molecule has 2 heterocycles. The number of ketones is 1. The van der Waals surface area contributed by atoms with Crippen molar-refractivity contribution in [3.63, 3.8) is 0 Å². The molecule has 44 heavy (non-hydrogen) atoms. The second-order valence-electron chi connectivity index (χ2n) is 12.1. The fourth-order valence-corrected chi connectivity index (χ4v) is 8.68. The van der Waals surface area contributed by atoms with E-state index < -0.39 is 47.2 Å². The van der Waals surface area contributed by atoms with Crippen LogP contribution in [0.5, 0.6) is 0 Å². The van der Waals surface area contributed by atoms with E-state index in [1.54, 1.807) is 29.6 Å². The fraction of sp³-hybridized carbons (Fsp3) is 0.656. The zero-order valence-electron chi connectivity index (χ0n) is 26.0. The second-order valence-corrected chi connectivity index (χ2v) is 14.9. The first kappa shape index (κ1) is 36.2. The van der Waals surface area contributed by atoms with E-state index in [2.05, 4.69) is 22.2 Å². The third kappa shape index (κ3) is 9.87. The molecule has 244 valence electrons. The number of carbonyl (C=O) groups excluding carboxylic acids is 4. The monoisotopic (exact) mass is 647 g/mol. The summed E-state index contributed by atoms with van der Waals surface area (Å²) < 4.78 is -0.127. The third-order valence-electron chi connectivity index (χ3n) is 8.81. The Balaban J connectivity index is 1.82. The van der Waals surface area contributed by atoms with Crippen molar-refractivity contribution < 1.29 is 24.3 Å². The zero-order chi connectivity index (χ0) is 32.3. The van der Waals surface area contributed by atoms with Gasteiger partial charge in [0.15, 0.2) is 5.78 Å². The highest BCUT2D eigenvalue weighted by Gasteiger charge is 2.43. The van der Waals surface area contributed by atoms with E-state index in [1.165, 1.54) is 37.6 Å². The van der Waals surface area contributed by atoms with E-state index >= 15 is 0 Å². The number of imide groups is 1. The van der Waals surface area contributed by atoms with Crippen LogP contribution >= 0.6 is 23.5 Å². The summed E-state index contributed by atoms with van der Waals surface area (Å²) in [6, 6.07) is 1.10. The summed E-state index contributed by atoms with van der Waals surface area (Å²) in [5.74, 6) is -0.0214. The molecule has 10 nitrogen and oxygen atoms in total. The maximum absolute atomic E-state index is 14.2. The van der Waals surface area contributed by atoms with E-state index in [0.717, 1.165) is 30.8 Å². The Morgan fingerprint density at radius 2 is 1.82 bits per heavy atom. The molecule has 1 saturated carbocycles. The van der Waals surface area contributed by atoms with Gasteiger partial charge in [-0.15, -0.1) is 30.1 Å². The number of Topliss-reactive ketones (excluding diaryl/α,β-unsaturated/α-hetero) is 1. The Bertz CT molecular complexity index is 1140. The first-order chi connectivity index (χ1) is 21.0. The first-order valence-electron chi connectivity index (χ1n) is 15.7.